The number of benzene rings is 2. The molecule has 1 saturated heterocycles. The number of nitrogens with two attached hydrogens (primary N) is 1. The number of aromatic nitrogens is 3. The number of fused-ring (bicyclic) bond motifs is 2. The van der Waals surface area contributed by atoms with Crippen LogP contribution < -0.4 is 5.73 Å². The minimum Gasteiger partial charge on any atom is -0.383 e. The predicted molar refractivity (Wildman–Crippen MR) is 132 cm³/mol. The number of rotatable bonds is 6. The molecule has 3 heterocycles. The standard InChI is InChI=1S/C23H23ClN6O4S/c1-34-12-17-10-29(35(32,33)21-7-15-3-4-16(24)8-19(15)28-21)11-22(31)30(17)9-14-2-5-18-20(6-14)26-13-27-23(18)25/h2-8,13,17,28H,9-12H2,1H3,(H2,25,26,27). The number of carbonyl (C=O) groups is 1. The van der Waals surface area contributed by atoms with Gasteiger partial charge in [-0.3, -0.25) is 4.79 Å². The Bertz CT molecular complexity index is 1540. The largest absolute Gasteiger partial charge is 0.383 e. The molecule has 0 bridgehead atoms. The van der Waals surface area contributed by atoms with E-state index in [4.69, 9.17) is 22.1 Å². The van der Waals surface area contributed by atoms with Crippen LogP contribution in [0.2, 0.25) is 5.02 Å². The molecule has 1 amide bonds. The van der Waals surface area contributed by atoms with Gasteiger partial charge < -0.3 is 20.4 Å². The summed E-state index contributed by atoms with van der Waals surface area (Å²) in [5.41, 5.74) is 8.03. The highest BCUT2D eigenvalue weighted by Gasteiger charge is 2.39. The molecule has 0 spiro atoms. The zero-order valence-corrected chi connectivity index (χ0v) is 20.4. The average Bonchev–Trinajstić information content (AvgIpc) is 3.25. The summed E-state index contributed by atoms with van der Waals surface area (Å²) < 4.78 is 33.3. The summed E-state index contributed by atoms with van der Waals surface area (Å²) in [6, 6.07) is 11.7. The number of halogens is 1. The van der Waals surface area contributed by atoms with E-state index in [2.05, 4.69) is 15.0 Å². The molecule has 1 unspecified atom stereocenters. The molecule has 35 heavy (non-hydrogen) atoms. The molecule has 3 N–H and O–H groups in total. The van der Waals surface area contributed by atoms with Gasteiger partial charge in [-0.05, 0) is 35.9 Å². The number of nitrogen functional groups attached to an aromatic ring is 1. The van der Waals surface area contributed by atoms with E-state index in [1.54, 1.807) is 29.2 Å². The monoisotopic (exact) mass is 514 g/mol. The molecule has 5 rings (SSSR count). The van der Waals surface area contributed by atoms with Crippen molar-refractivity contribution in [1.29, 1.82) is 0 Å². The quantitative estimate of drug-likeness (QED) is 0.403. The van der Waals surface area contributed by atoms with Crippen LogP contribution in [0.3, 0.4) is 0 Å². The second-order valence-electron chi connectivity index (χ2n) is 8.40. The first-order chi connectivity index (χ1) is 16.8. The van der Waals surface area contributed by atoms with Crippen LogP contribution in [-0.2, 0) is 26.1 Å². The third-order valence-electron chi connectivity index (χ3n) is 6.11. The molecule has 4 aromatic rings. The Balaban J connectivity index is 1.41. The lowest BCUT2D eigenvalue weighted by Gasteiger charge is -2.40. The predicted octanol–water partition coefficient (Wildman–Crippen LogP) is 2.39. The van der Waals surface area contributed by atoms with Crippen LogP contribution in [0, 0.1) is 0 Å². The summed E-state index contributed by atoms with van der Waals surface area (Å²) >= 11 is 6.03. The number of anilines is 1. The molecule has 1 aliphatic rings. The van der Waals surface area contributed by atoms with Gasteiger partial charge >= 0.3 is 0 Å². The maximum absolute atomic E-state index is 13.4. The van der Waals surface area contributed by atoms with Crippen molar-refractivity contribution in [2.24, 2.45) is 0 Å². The highest BCUT2D eigenvalue weighted by atomic mass is 35.5. The third kappa shape index (κ3) is 4.43. The molecule has 182 valence electrons. The van der Waals surface area contributed by atoms with Crippen molar-refractivity contribution in [1.82, 2.24) is 24.2 Å². The number of methoxy groups -OCH3 is 1. The van der Waals surface area contributed by atoms with Crippen molar-refractivity contribution < 1.29 is 17.9 Å². The molecule has 1 atom stereocenters. The Morgan fingerprint density at radius 2 is 2.03 bits per heavy atom. The normalized spacial score (nSPS) is 17.5. The summed E-state index contributed by atoms with van der Waals surface area (Å²) in [4.78, 5) is 26.0. The molecule has 2 aromatic carbocycles. The molecule has 10 nitrogen and oxygen atoms in total. The van der Waals surface area contributed by atoms with Gasteiger partial charge in [0.2, 0.25) is 5.91 Å². The smallest absolute Gasteiger partial charge is 0.259 e. The van der Waals surface area contributed by atoms with E-state index in [0.717, 1.165) is 10.9 Å². The molecule has 1 fully saturated rings. The number of sulfonamides is 1. The first kappa shape index (κ1) is 23.5. The Labute approximate surface area is 206 Å². The Kier molecular flexibility index (Phi) is 6.09. The lowest BCUT2D eigenvalue weighted by Crippen LogP contribution is -2.58. The molecule has 0 aliphatic carbocycles. The number of amides is 1. The van der Waals surface area contributed by atoms with Gasteiger partial charge in [-0.2, -0.15) is 4.31 Å². The Morgan fingerprint density at radius 3 is 2.83 bits per heavy atom. The second-order valence-corrected chi connectivity index (χ2v) is 10.7. The summed E-state index contributed by atoms with van der Waals surface area (Å²) in [5, 5.41) is 1.95. The molecule has 12 heteroatoms. The fourth-order valence-electron chi connectivity index (χ4n) is 4.35. The topological polar surface area (TPSA) is 135 Å². The van der Waals surface area contributed by atoms with Crippen LogP contribution in [0.1, 0.15) is 5.56 Å². The van der Waals surface area contributed by atoms with Crippen molar-refractivity contribution in [2.45, 2.75) is 17.6 Å². The molecule has 2 aromatic heterocycles. The number of H-pyrrole nitrogens is 1. The number of carbonyl (C=O) groups excluding carboxylic acids is 1. The second kappa shape index (κ2) is 9.08. The van der Waals surface area contributed by atoms with E-state index in [9.17, 15) is 13.2 Å². The fourth-order valence-corrected chi connectivity index (χ4v) is 5.96. The molecule has 1 aliphatic heterocycles. The highest BCUT2D eigenvalue weighted by molar-refractivity contribution is 7.89. The molecular formula is C23H23ClN6O4S. The van der Waals surface area contributed by atoms with Crippen molar-refractivity contribution in [3.8, 4) is 0 Å². The third-order valence-corrected chi connectivity index (χ3v) is 8.08. The zero-order valence-electron chi connectivity index (χ0n) is 18.8. The Morgan fingerprint density at radius 1 is 1.20 bits per heavy atom. The number of nitrogens with one attached hydrogen (secondary N) is 1. The maximum atomic E-state index is 13.4. The van der Waals surface area contributed by atoms with E-state index < -0.39 is 16.1 Å². The van der Waals surface area contributed by atoms with Crippen LogP contribution in [0.15, 0.2) is 53.8 Å². The fraction of sp³-hybridized carbons (Fsp3) is 0.261. The lowest BCUT2D eigenvalue weighted by molar-refractivity contribution is -0.139. The van der Waals surface area contributed by atoms with Crippen molar-refractivity contribution in [3.63, 3.8) is 0 Å². The van der Waals surface area contributed by atoms with Gasteiger partial charge in [0.1, 0.15) is 17.2 Å². The number of ether oxygens (including phenoxy) is 1. The number of nitrogens with zero attached hydrogens (tertiary/aromatic N) is 4. The van der Waals surface area contributed by atoms with Crippen LogP contribution in [-0.4, -0.2) is 71.3 Å². The average molecular weight is 515 g/mol. The van der Waals surface area contributed by atoms with Crippen molar-refractivity contribution in [3.05, 3.63) is 59.4 Å². The van der Waals surface area contributed by atoms with E-state index in [-0.39, 0.29) is 37.2 Å². The van der Waals surface area contributed by atoms with Gasteiger partial charge in [-0.1, -0.05) is 23.7 Å². The number of hydrogen-bond donors (Lipinski definition) is 2. The van der Waals surface area contributed by atoms with Crippen LogP contribution in [0.4, 0.5) is 5.82 Å². The van der Waals surface area contributed by atoms with E-state index in [0.29, 0.717) is 27.3 Å². The molecule has 0 saturated carbocycles. The first-order valence-electron chi connectivity index (χ1n) is 10.8. The van der Waals surface area contributed by atoms with Crippen LogP contribution >= 0.6 is 11.6 Å². The number of piperazine rings is 1. The lowest BCUT2D eigenvalue weighted by atomic mass is 10.1. The number of aromatic amines is 1. The van der Waals surface area contributed by atoms with Gasteiger partial charge in [0.15, 0.2) is 0 Å². The van der Waals surface area contributed by atoms with Crippen LogP contribution in [0.5, 0.6) is 0 Å². The number of hydrogen-bond acceptors (Lipinski definition) is 7. The van der Waals surface area contributed by atoms with E-state index in [1.165, 1.54) is 17.7 Å². The van der Waals surface area contributed by atoms with E-state index in [1.807, 2.05) is 18.2 Å². The van der Waals surface area contributed by atoms with Gasteiger partial charge in [0, 0.05) is 41.5 Å². The van der Waals surface area contributed by atoms with Gasteiger partial charge in [0.05, 0.1) is 24.7 Å². The van der Waals surface area contributed by atoms with Gasteiger partial charge in [0.25, 0.3) is 10.0 Å². The highest BCUT2D eigenvalue weighted by Crippen LogP contribution is 2.27. The maximum Gasteiger partial charge on any atom is 0.259 e. The summed E-state index contributed by atoms with van der Waals surface area (Å²) in [6.07, 6.45) is 1.39. The zero-order chi connectivity index (χ0) is 24.7. The van der Waals surface area contributed by atoms with Gasteiger partial charge in [-0.25, -0.2) is 18.4 Å². The molecular weight excluding hydrogens is 492 g/mol. The summed E-state index contributed by atoms with van der Waals surface area (Å²) in [6.45, 7) is 0.288. The van der Waals surface area contributed by atoms with Gasteiger partial charge in [-0.15, -0.1) is 0 Å². The van der Waals surface area contributed by atoms with Crippen LogP contribution in [0.25, 0.3) is 21.8 Å². The Hall–Kier alpha value is -3.25. The summed E-state index contributed by atoms with van der Waals surface area (Å²) in [7, 11) is -2.43. The minimum atomic E-state index is -3.95. The minimum absolute atomic E-state index is 0.0129. The SMILES string of the molecule is COCC1CN(S(=O)(=O)c2cc3ccc(Cl)cc3[nH]2)CC(=O)N1Cc1ccc2c(N)ncnc2c1. The van der Waals surface area contributed by atoms with Crippen molar-refractivity contribution >= 4 is 55.2 Å². The molecule has 0 radical (unpaired) electrons. The first-order valence-corrected chi connectivity index (χ1v) is 12.6. The van der Waals surface area contributed by atoms with E-state index >= 15 is 0 Å². The summed E-state index contributed by atoms with van der Waals surface area (Å²) in [5.74, 6) is 0.0660. The van der Waals surface area contributed by atoms with Crippen molar-refractivity contribution in [2.75, 3.05) is 32.5 Å².